The van der Waals surface area contributed by atoms with Crippen molar-refractivity contribution in [3.8, 4) is 5.69 Å². The van der Waals surface area contributed by atoms with E-state index in [1.165, 1.54) is 22.4 Å². The Morgan fingerprint density at radius 1 is 1.25 bits per heavy atom. The summed E-state index contributed by atoms with van der Waals surface area (Å²) in [6.45, 7) is 4.29. The highest BCUT2D eigenvalue weighted by molar-refractivity contribution is 5.47. The maximum absolute atomic E-state index is 14.2. The molecule has 4 rings (SSSR count). The Labute approximate surface area is 162 Å². The monoisotopic (exact) mass is 383 g/mol. The summed E-state index contributed by atoms with van der Waals surface area (Å²) >= 11 is 0. The molecular formula is C21H23F2N5. The van der Waals surface area contributed by atoms with E-state index in [0.29, 0.717) is 6.54 Å². The molecule has 0 saturated heterocycles. The lowest BCUT2D eigenvalue weighted by molar-refractivity contribution is 0.567. The second-order valence-corrected chi connectivity index (χ2v) is 7.34. The third-order valence-electron chi connectivity index (χ3n) is 5.34. The van der Waals surface area contributed by atoms with Gasteiger partial charge in [-0.2, -0.15) is 5.10 Å². The second-order valence-electron chi connectivity index (χ2n) is 7.34. The molecule has 0 aliphatic heterocycles. The van der Waals surface area contributed by atoms with Crippen LogP contribution in [0.15, 0.2) is 30.5 Å². The third kappa shape index (κ3) is 3.49. The first-order valence-electron chi connectivity index (χ1n) is 9.40. The van der Waals surface area contributed by atoms with Crippen molar-refractivity contribution in [2.75, 3.05) is 5.32 Å². The van der Waals surface area contributed by atoms with Crippen LogP contribution in [0.3, 0.4) is 0 Å². The molecule has 1 aliphatic carbocycles. The van der Waals surface area contributed by atoms with E-state index < -0.39 is 11.6 Å². The highest BCUT2D eigenvalue weighted by atomic mass is 19.1. The van der Waals surface area contributed by atoms with Crippen LogP contribution in [-0.2, 0) is 19.4 Å². The molecule has 0 bridgehead atoms. The summed E-state index contributed by atoms with van der Waals surface area (Å²) in [5, 5.41) is 7.83. The Bertz CT molecular complexity index is 1030. The fraction of sp³-hybridized carbons (Fsp3) is 0.333. The maximum atomic E-state index is 14.2. The van der Waals surface area contributed by atoms with Crippen molar-refractivity contribution in [3.05, 3.63) is 70.3 Å². The average Bonchev–Trinajstić information content (AvgIpc) is 2.93. The summed E-state index contributed by atoms with van der Waals surface area (Å²) in [6, 6.07) is 5.80. The van der Waals surface area contributed by atoms with Crippen LogP contribution in [0.5, 0.6) is 0 Å². The molecule has 3 aromatic rings. The van der Waals surface area contributed by atoms with Gasteiger partial charge in [-0.3, -0.25) is 4.98 Å². The van der Waals surface area contributed by atoms with Crippen LogP contribution in [-0.4, -0.2) is 20.8 Å². The number of nitrogens with zero attached hydrogens (tertiary/aromatic N) is 3. The molecule has 1 aromatic carbocycles. The zero-order valence-corrected chi connectivity index (χ0v) is 16.0. The van der Waals surface area contributed by atoms with Crippen LogP contribution in [0.1, 0.15) is 34.6 Å². The van der Waals surface area contributed by atoms with Gasteiger partial charge < -0.3 is 11.1 Å². The molecule has 1 aliphatic rings. The number of hydrogen-bond donors (Lipinski definition) is 2. The van der Waals surface area contributed by atoms with Gasteiger partial charge >= 0.3 is 0 Å². The highest BCUT2D eigenvalue weighted by Crippen LogP contribution is 2.24. The average molecular weight is 383 g/mol. The highest BCUT2D eigenvalue weighted by Gasteiger charge is 2.18. The lowest BCUT2D eigenvalue weighted by Gasteiger charge is -2.21. The smallest absolute Gasteiger partial charge is 0.151 e. The van der Waals surface area contributed by atoms with Gasteiger partial charge in [0.2, 0.25) is 0 Å². The molecule has 0 radical (unpaired) electrons. The first-order chi connectivity index (χ1) is 13.4. The number of nitrogens with two attached hydrogens (primary N) is 1. The van der Waals surface area contributed by atoms with E-state index in [1.807, 2.05) is 20.0 Å². The number of fused-ring (bicyclic) bond motifs is 1. The summed E-state index contributed by atoms with van der Waals surface area (Å²) < 4.78 is 28.9. The van der Waals surface area contributed by atoms with Gasteiger partial charge in [0.1, 0.15) is 11.5 Å². The van der Waals surface area contributed by atoms with Crippen LogP contribution in [0, 0.1) is 25.5 Å². The van der Waals surface area contributed by atoms with Gasteiger partial charge in [-0.25, -0.2) is 13.5 Å². The molecular weight excluding hydrogens is 360 g/mol. The predicted molar refractivity (Wildman–Crippen MR) is 105 cm³/mol. The molecule has 1 unspecified atom stereocenters. The van der Waals surface area contributed by atoms with Crippen molar-refractivity contribution in [2.45, 2.75) is 45.7 Å². The molecule has 5 nitrogen and oxygen atoms in total. The molecule has 7 heteroatoms. The molecule has 0 saturated carbocycles. The van der Waals surface area contributed by atoms with Gasteiger partial charge in [0.05, 0.1) is 17.6 Å². The van der Waals surface area contributed by atoms with Crippen molar-refractivity contribution in [2.24, 2.45) is 5.73 Å². The number of anilines is 1. The molecule has 1 atom stereocenters. The first kappa shape index (κ1) is 18.6. The lowest BCUT2D eigenvalue weighted by Crippen LogP contribution is -2.28. The quantitative estimate of drug-likeness (QED) is 0.722. The lowest BCUT2D eigenvalue weighted by atomic mass is 9.92. The number of rotatable bonds is 4. The van der Waals surface area contributed by atoms with Gasteiger partial charge in [-0.1, -0.05) is 0 Å². The van der Waals surface area contributed by atoms with Gasteiger partial charge in [-0.15, -0.1) is 0 Å². The van der Waals surface area contributed by atoms with E-state index in [9.17, 15) is 8.78 Å². The van der Waals surface area contributed by atoms with E-state index in [-0.39, 0.29) is 11.7 Å². The Morgan fingerprint density at radius 3 is 2.86 bits per heavy atom. The fourth-order valence-corrected chi connectivity index (χ4v) is 3.75. The van der Waals surface area contributed by atoms with Crippen LogP contribution in [0.4, 0.5) is 14.5 Å². The number of benzene rings is 1. The number of aromatic nitrogens is 3. The molecule has 28 heavy (non-hydrogen) atoms. The predicted octanol–water partition coefficient (Wildman–Crippen LogP) is 3.59. The first-order valence-corrected chi connectivity index (χ1v) is 9.40. The molecule has 2 heterocycles. The van der Waals surface area contributed by atoms with E-state index >= 15 is 0 Å². The molecule has 0 amide bonds. The van der Waals surface area contributed by atoms with Gasteiger partial charge in [0, 0.05) is 35.6 Å². The SMILES string of the molecule is Cc1nn(-c2ccc(F)cc2F)c(C)c1CNc1cnc2c(c1)CC(N)CC2. The van der Waals surface area contributed by atoms with Gasteiger partial charge in [0.25, 0.3) is 0 Å². The number of nitrogens with one attached hydrogen (secondary N) is 1. The van der Waals surface area contributed by atoms with E-state index in [1.54, 1.807) is 0 Å². The molecule has 2 aromatic heterocycles. The Kier molecular flexibility index (Phi) is 4.85. The molecule has 0 spiro atoms. The number of hydrogen-bond acceptors (Lipinski definition) is 4. The molecule has 0 fully saturated rings. The number of pyridine rings is 1. The zero-order chi connectivity index (χ0) is 19.8. The maximum Gasteiger partial charge on any atom is 0.151 e. The minimum absolute atomic E-state index is 0.192. The van der Waals surface area contributed by atoms with Crippen LogP contribution in [0.2, 0.25) is 0 Å². The summed E-state index contributed by atoms with van der Waals surface area (Å²) in [6.07, 6.45) is 4.58. The third-order valence-corrected chi connectivity index (χ3v) is 5.34. The number of aryl methyl sites for hydroxylation is 2. The van der Waals surface area contributed by atoms with Crippen molar-refractivity contribution >= 4 is 5.69 Å². The summed E-state index contributed by atoms with van der Waals surface area (Å²) in [7, 11) is 0. The zero-order valence-electron chi connectivity index (χ0n) is 16.0. The largest absolute Gasteiger partial charge is 0.380 e. The van der Waals surface area contributed by atoms with E-state index in [0.717, 1.165) is 53.7 Å². The topological polar surface area (TPSA) is 68.8 Å². The van der Waals surface area contributed by atoms with Crippen LogP contribution in [0.25, 0.3) is 5.69 Å². The standard InChI is InChI=1S/C21H23F2N5/c1-12-18(13(2)28(27-12)21-6-3-15(22)9-19(21)23)11-25-17-8-14-7-16(24)4-5-20(14)26-10-17/h3,6,8-10,16,25H,4-5,7,11,24H2,1-2H3. The second kappa shape index (κ2) is 7.31. The normalized spacial score (nSPS) is 16.1. The van der Waals surface area contributed by atoms with E-state index in [2.05, 4.69) is 21.5 Å². The van der Waals surface area contributed by atoms with Crippen molar-refractivity contribution in [1.29, 1.82) is 0 Å². The molecule has 3 N–H and O–H groups in total. The van der Waals surface area contributed by atoms with Crippen molar-refractivity contribution < 1.29 is 8.78 Å². The fourth-order valence-electron chi connectivity index (χ4n) is 3.75. The van der Waals surface area contributed by atoms with Gasteiger partial charge in [-0.05, 0) is 56.9 Å². The van der Waals surface area contributed by atoms with Crippen molar-refractivity contribution in [1.82, 2.24) is 14.8 Å². The van der Waals surface area contributed by atoms with Crippen LogP contribution >= 0.6 is 0 Å². The minimum atomic E-state index is -0.639. The molecule has 146 valence electrons. The summed E-state index contributed by atoms with van der Waals surface area (Å²) in [5.74, 6) is -1.25. The van der Waals surface area contributed by atoms with E-state index in [4.69, 9.17) is 5.73 Å². The van der Waals surface area contributed by atoms with Crippen molar-refractivity contribution in [3.63, 3.8) is 0 Å². The number of halogens is 2. The van der Waals surface area contributed by atoms with Gasteiger partial charge in [0.15, 0.2) is 5.82 Å². The Hall–Kier alpha value is -2.80. The summed E-state index contributed by atoms with van der Waals surface area (Å²) in [5.41, 5.74) is 12.1. The van der Waals surface area contributed by atoms with Crippen LogP contribution < -0.4 is 11.1 Å². The minimum Gasteiger partial charge on any atom is -0.380 e. The Balaban J connectivity index is 1.56. The summed E-state index contributed by atoms with van der Waals surface area (Å²) in [4.78, 5) is 4.56. The Morgan fingerprint density at radius 2 is 2.07 bits per heavy atom.